The molecule has 55 heavy (non-hydrogen) atoms. The number of rotatable bonds is 31. The van der Waals surface area contributed by atoms with E-state index in [-0.39, 0.29) is 54.3 Å². The third-order valence-electron chi connectivity index (χ3n) is 12.1. The smallest absolute Gasteiger partial charge is 0.338 e. The third-order valence-corrected chi connectivity index (χ3v) is 12.6. The maximum atomic E-state index is 12.4. The number of benzene rings is 1. The molecule has 1 aromatic carbocycles. The van der Waals surface area contributed by atoms with Gasteiger partial charge in [0.25, 0.3) is 0 Å². The van der Waals surface area contributed by atoms with Crippen LogP contribution in [0.4, 0.5) is 0 Å². The number of aliphatic hydroxyl groups is 2. The van der Waals surface area contributed by atoms with E-state index in [1.54, 1.807) is 24.3 Å². The number of carbonyl (C=O) groups is 2. The Bertz CT molecular complexity index is 1220. The first kappa shape index (κ1) is 47.0. The minimum absolute atomic E-state index is 0.00271. The van der Waals surface area contributed by atoms with Crippen molar-refractivity contribution in [1.82, 2.24) is 0 Å². The average molecular weight is 788 g/mol. The van der Waals surface area contributed by atoms with Gasteiger partial charge in [0.2, 0.25) is 0 Å². The molecule has 0 unspecified atom stereocenters. The monoisotopic (exact) mass is 787 g/mol. The second-order valence-electron chi connectivity index (χ2n) is 16.2. The Morgan fingerprint density at radius 2 is 1.44 bits per heavy atom. The maximum Gasteiger partial charge on any atom is 0.338 e. The zero-order valence-corrected chi connectivity index (χ0v) is 35.2. The first-order valence-corrected chi connectivity index (χ1v) is 22.6. The number of hydrogen-bond acceptors (Lipinski definition) is 7. The Labute approximate surface area is 339 Å². The van der Waals surface area contributed by atoms with Gasteiger partial charge in [-0.25, -0.2) is 4.79 Å². The van der Waals surface area contributed by atoms with Gasteiger partial charge in [0.05, 0.1) is 24.4 Å². The first-order chi connectivity index (χ1) is 26.8. The largest absolute Gasteiger partial charge is 0.494 e. The Balaban J connectivity index is 1.16. The van der Waals surface area contributed by atoms with E-state index in [4.69, 9.17) is 25.8 Å². The van der Waals surface area contributed by atoms with Crippen LogP contribution in [-0.4, -0.2) is 59.6 Å². The van der Waals surface area contributed by atoms with Crippen LogP contribution in [0.3, 0.4) is 0 Å². The highest BCUT2D eigenvalue weighted by Gasteiger charge is 2.42. The molecular formula is C47H75ClO7. The molecule has 0 amide bonds. The summed E-state index contributed by atoms with van der Waals surface area (Å²) in [5.74, 6) is 0.0799. The van der Waals surface area contributed by atoms with Crippen molar-refractivity contribution >= 4 is 23.5 Å². The molecule has 2 aliphatic carbocycles. The fraction of sp³-hybridized carbons (Fsp3) is 0.745. The summed E-state index contributed by atoms with van der Waals surface area (Å²) in [7, 11) is 0. The van der Waals surface area contributed by atoms with Crippen molar-refractivity contribution in [3.63, 3.8) is 0 Å². The lowest BCUT2D eigenvalue weighted by Crippen LogP contribution is -2.40. The Morgan fingerprint density at radius 1 is 0.818 bits per heavy atom. The zero-order chi connectivity index (χ0) is 39.6. The highest BCUT2D eigenvalue weighted by molar-refractivity contribution is 6.21. The van der Waals surface area contributed by atoms with Crippen LogP contribution in [0.2, 0.25) is 0 Å². The molecule has 2 fully saturated rings. The van der Waals surface area contributed by atoms with Gasteiger partial charge in [-0.15, -0.1) is 11.6 Å². The van der Waals surface area contributed by atoms with Crippen molar-refractivity contribution in [2.45, 2.75) is 186 Å². The van der Waals surface area contributed by atoms with Crippen LogP contribution in [0.1, 0.15) is 178 Å². The molecule has 1 aromatic rings. The van der Waals surface area contributed by atoms with Crippen molar-refractivity contribution in [3.8, 4) is 5.75 Å². The summed E-state index contributed by atoms with van der Waals surface area (Å²) in [6, 6.07) is 6.98. The quantitative estimate of drug-likeness (QED) is 0.0334. The van der Waals surface area contributed by atoms with Crippen molar-refractivity contribution in [2.24, 2.45) is 17.3 Å². The second kappa shape index (κ2) is 28.1. The van der Waals surface area contributed by atoms with Crippen molar-refractivity contribution in [3.05, 3.63) is 54.1 Å². The molecule has 2 N–H and O–H groups in total. The second-order valence-corrected chi connectivity index (χ2v) is 16.8. The molecule has 0 aliphatic heterocycles. The average Bonchev–Trinajstić information content (AvgIpc) is 3.43. The van der Waals surface area contributed by atoms with Gasteiger partial charge < -0.3 is 24.4 Å². The number of carbonyl (C=O) groups excluding carboxylic acids is 2. The van der Waals surface area contributed by atoms with Crippen LogP contribution < -0.4 is 4.74 Å². The molecule has 0 bridgehead atoms. The van der Waals surface area contributed by atoms with Gasteiger partial charge in [0.15, 0.2) is 0 Å². The van der Waals surface area contributed by atoms with Gasteiger partial charge in [-0.05, 0) is 93.4 Å². The van der Waals surface area contributed by atoms with Crippen molar-refractivity contribution in [2.75, 3.05) is 19.8 Å². The fourth-order valence-electron chi connectivity index (χ4n) is 8.19. The van der Waals surface area contributed by atoms with Crippen LogP contribution in [0.5, 0.6) is 5.75 Å². The lowest BCUT2D eigenvalue weighted by molar-refractivity contribution is -0.144. The summed E-state index contributed by atoms with van der Waals surface area (Å²) in [5.41, 5.74) is 0.508. The van der Waals surface area contributed by atoms with Crippen LogP contribution in [0.15, 0.2) is 48.6 Å². The summed E-state index contributed by atoms with van der Waals surface area (Å²) >= 11 is 6.62. The SMILES string of the molecule is CCCCCCCCCCCCCCCCOc1ccc(C(=O)OCCOC(=O)CCC/C=C\C[C@@H]2[C@H](/C=C/C[C@H](O)C3(CC)CCC3)[C@H](O)C[C@@H]2Cl)cc1. The summed E-state index contributed by atoms with van der Waals surface area (Å²) in [4.78, 5) is 24.6. The van der Waals surface area contributed by atoms with Gasteiger partial charge in [-0.2, -0.15) is 0 Å². The molecule has 3 rings (SSSR count). The van der Waals surface area contributed by atoms with E-state index in [2.05, 4.69) is 32.1 Å². The molecule has 0 heterocycles. The number of hydrogen-bond donors (Lipinski definition) is 2. The van der Waals surface area contributed by atoms with Crippen LogP contribution in [0, 0.1) is 17.3 Å². The minimum atomic E-state index is -0.472. The molecule has 312 valence electrons. The Kier molecular flexibility index (Phi) is 24.0. The Hall–Kier alpha value is -2.35. The van der Waals surface area contributed by atoms with Crippen molar-refractivity contribution in [1.29, 1.82) is 0 Å². The molecule has 2 aliphatic rings. The van der Waals surface area contributed by atoms with E-state index in [1.807, 2.05) is 6.08 Å². The minimum Gasteiger partial charge on any atom is -0.494 e. The number of aliphatic hydroxyl groups excluding tert-OH is 2. The van der Waals surface area contributed by atoms with E-state index >= 15 is 0 Å². The first-order valence-electron chi connectivity index (χ1n) is 22.2. The lowest BCUT2D eigenvalue weighted by Gasteiger charge is -2.45. The molecular weight excluding hydrogens is 712 g/mol. The van der Waals surface area contributed by atoms with Crippen molar-refractivity contribution < 1.29 is 34.0 Å². The fourth-order valence-corrected chi connectivity index (χ4v) is 8.64. The van der Waals surface area contributed by atoms with Gasteiger partial charge in [-0.3, -0.25) is 4.79 Å². The summed E-state index contributed by atoms with van der Waals surface area (Å²) < 4.78 is 16.4. The molecule has 2 saturated carbocycles. The van der Waals surface area contributed by atoms with Gasteiger partial charge >= 0.3 is 11.9 Å². The zero-order valence-electron chi connectivity index (χ0n) is 34.4. The summed E-state index contributed by atoms with van der Waals surface area (Å²) in [5, 5.41) is 21.3. The van der Waals surface area contributed by atoms with Gasteiger partial charge in [-0.1, -0.05) is 128 Å². The molecule has 0 radical (unpaired) electrons. The van der Waals surface area contributed by atoms with E-state index in [0.29, 0.717) is 31.4 Å². The molecule has 0 saturated heterocycles. The predicted octanol–water partition coefficient (Wildman–Crippen LogP) is 11.9. The maximum absolute atomic E-state index is 12.4. The highest BCUT2D eigenvalue weighted by Crippen LogP contribution is 2.48. The molecule has 8 heteroatoms. The Morgan fingerprint density at radius 3 is 2.04 bits per heavy atom. The number of allylic oxidation sites excluding steroid dienone is 2. The molecule has 0 aromatic heterocycles. The highest BCUT2D eigenvalue weighted by atomic mass is 35.5. The number of ether oxygens (including phenoxy) is 3. The van der Waals surface area contributed by atoms with E-state index in [1.165, 1.54) is 89.9 Å². The lowest BCUT2D eigenvalue weighted by atomic mass is 9.63. The van der Waals surface area contributed by atoms with Gasteiger partial charge in [0.1, 0.15) is 19.0 Å². The van der Waals surface area contributed by atoms with Crippen LogP contribution in [0.25, 0.3) is 0 Å². The summed E-state index contributed by atoms with van der Waals surface area (Å²) in [6.07, 6.45) is 34.1. The molecule has 7 nitrogen and oxygen atoms in total. The van der Waals surface area contributed by atoms with Crippen LogP contribution >= 0.6 is 11.6 Å². The third kappa shape index (κ3) is 18.2. The molecule has 0 spiro atoms. The number of alkyl halides is 1. The van der Waals surface area contributed by atoms with E-state index in [0.717, 1.165) is 44.3 Å². The standard InChI is InChI=1S/C47H75ClO7/c1-3-5-6-7-8-9-10-11-12-13-14-15-18-21-34-53-39-30-28-38(29-31-39)46(52)55-36-35-54-45(51)27-20-17-16-19-24-40-41(43(49)37-42(40)48)25-22-26-44(50)47(4-2)32-23-33-47/h16,19,22,25,28-31,40-44,49-50H,3-15,17-18,20-21,23-24,26-27,32-37H2,1-2H3/b19-16-,25-22+/t40-,41+,42+,43-,44+/m1/s1. The predicted molar refractivity (Wildman–Crippen MR) is 225 cm³/mol. The number of esters is 2. The number of halogens is 1. The van der Waals surface area contributed by atoms with E-state index in [9.17, 15) is 19.8 Å². The van der Waals surface area contributed by atoms with Gasteiger partial charge in [0, 0.05) is 17.7 Å². The number of unbranched alkanes of at least 4 members (excludes halogenated alkanes) is 14. The van der Waals surface area contributed by atoms with E-state index < -0.39 is 12.1 Å². The van der Waals surface area contributed by atoms with Crippen LogP contribution in [-0.2, 0) is 14.3 Å². The normalized spacial score (nSPS) is 21.2. The summed E-state index contributed by atoms with van der Waals surface area (Å²) in [6.45, 7) is 5.13. The molecule has 5 atom stereocenters. The topological polar surface area (TPSA) is 102 Å².